The van der Waals surface area contributed by atoms with E-state index in [2.05, 4.69) is 22.0 Å². The molecule has 0 radical (unpaired) electrons. The number of amides is 1. The summed E-state index contributed by atoms with van der Waals surface area (Å²) in [5, 5.41) is 2.04. The number of rotatable bonds is 3. The van der Waals surface area contributed by atoms with E-state index in [0.29, 0.717) is 13.2 Å². The maximum atomic E-state index is 12.1. The van der Waals surface area contributed by atoms with Gasteiger partial charge in [0.15, 0.2) is 0 Å². The van der Waals surface area contributed by atoms with E-state index in [-0.39, 0.29) is 17.9 Å². The van der Waals surface area contributed by atoms with Crippen molar-refractivity contribution in [3.8, 4) is 0 Å². The van der Waals surface area contributed by atoms with Gasteiger partial charge < -0.3 is 9.64 Å². The van der Waals surface area contributed by atoms with Gasteiger partial charge in [-0.1, -0.05) is 0 Å². The van der Waals surface area contributed by atoms with Crippen molar-refractivity contribution >= 4 is 33.2 Å². The van der Waals surface area contributed by atoms with E-state index in [1.165, 1.54) is 4.88 Å². The summed E-state index contributed by atoms with van der Waals surface area (Å²) < 4.78 is 6.52. The molecule has 1 saturated heterocycles. The van der Waals surface area contributed by atoms with Gasteiger partial charge in [-0.3, -0.25) is 4.79 Å². The van der Waals surface area contributed by atoms with Crippen LogP contribution in [0.1, 0.15) is 18.2 Å². The number of hydrogen-bond donors (Lipinski definition) is 0. The van der Waals surface area contributed by atoms with Gasteiger partial charge in [0.1, 0.15) is 0 Å². The number of ether oxygens (including phenoxy) is 1. The van der Waals surface area contributed by atoms with Gasteiger partial charge in [-0.2, -0.15) is 0 Å². The van der Waals surface area contributed by atoms with Crippen molar-refractivity contribution in [2.24, 2.45) is 5.92 Å². The fraction of sp³-hybridized carbons (Fsp3) is 0.583. The molecule has 0 aromatic carbocycles. The first-order valence-electron chi connectivity index (χ1n) is 5.65. The second-order valence-corrected chi connectivity index (χ2v) is 6.41. The number of carbonyl (C=O) groups excluding carboxylic acids is 1. The van der Waals surface area contributed by atoms with Crippen molar-refractivity contribution in [1.82, 2.24) is 4.90 Å². The highest BCUT2D eigenvalue weighted by Gasteiger charge is 2.30. The van der Waals surface area contributed by atoms with Crippen LogP contribution in [0, 0.1) is 5.92 Å². The van der Waals surface area contributed by atoms with Crippen LogP contribution in [-0.2, 0) is 16.1 Å². The van der Waals surface area contributed by atoms with Gasteiger partial charge in [-0.15, -0.1) is 11.3 Å². The topological polar surface area (TPSA) is 29.5 Å². The lowest BCUT2D eigenvalue weighted by atomic mass is 10.1. The van der Waals surface area contributed by atoms with Crippen molar-refractivity contribution in [1.29, 1.82) is 0 Å². The third kappa shape index (κ3) is 3.30. The maximum absolute atomic E-state index is 12.1. The monoisotopic (exact) mass is 317 g/mol. The molecule has 94 valence electrons. The second-order valence-electron chi connectivity index (χ2n) is 4.50. The molecule has 1 aromatic heterocycles. The summed E-state index contributed by atoms with van der Waals surface area (Å²) in [5.41, 5.74) is 0. The minimum Gasteiger partial charge on any atom is -0.378 e. The standard InChI is InChI=1S/C12H16BrNO2S/c1-8-3-9(6-16-8)12(15)14(2)5-11-4-10(13)7-17-11/h4,7-9H,3,5-6H2,1-2H3. The molecule has 2 unspecified atom stereocenters. The Hall–Kier alpha value is -0.390. The minimum absolute atomic E-state index is 0.0402. The summed E-state index contributed by atoms with van der Waals surface area (Å²) in [7, 11) is 1.86. The number of nitrogens with zero attached hydrogens (tertiary/aromatic N) is 1. The third-order valence-corrected chi connectivity index (χ3v) is 4.62. The van der Waals surface area contributed by atoms with Crippen LogP contribution in [-0.4, -0.2) is 30.6 Å². The summed E-state index contributed by atoms with van der Waals surface area (Å²) in [5.74, 6) is 0.234. The summed E-state index contributed by atoms with van der Waals surface area (Å²) in [6.07, 6.45) is 1.06. The molecular weight excluding hydrogens is 302 g/mol. The Labute approximate surface area is 114 Å². The molecular formula is C12H16BrNO2S. The molecule has 0 spiro atoms. The first kappa shape index (κ1) is 13.1. The zero-order valence-corrected chi connectivity index (χ0v) is 12.4. The molecule has 0 saturated carbocycles. The molecule has 3 nitrogen and oxygen atoms in total. The molecule has 2 heterocycles. The van der Waals surface area contributed by atoms with Gasteiger partial charge in [0.25, 0.3) is 0 Å². The molecule has 1 fully saturated rings. The van der Waals surface area contributed by atoms with Gasteiger partial charge in [0, 0.05) is 21.8 Å². The third-order valence-electron chi connectivity index (χ3n) is 2.94. The zero-order valence-electron chi connectivity index (χ0n) is 9.98. The molecule has 2 rings (SSSR count). The van der Waals surface area contributed by atoms with E-state index in [1.807, 2.05) is 19.4 Å². The van der Waals surface area contributed by atoms with Gasteiger partial charge in [-0.25, -0.2) is 0 Å². The summed E-state index contributed by atoms with van der Waals surface area (Å²) >= 11 is 5.09. The molecule has 5 heteroatoms. The van der Waals surface area contributed by atoms with E-state index in [0.717, 1.165) is 10.9 Å². The minimum atomic E-state index is 0.0402. The van der Waals surface area contributed by atoms with Gasteiger partial charge in [0.2, 0.25) is 5.91 Å². The normalized spacial score (nSPS) is 23.9. The Morgan fingerprint density at radius 3 is 3.00 bits per heavy atom. The van der Waals surface area contributed by atoms with E-state index < -0.39 is 0 Å². The first-order chi connectivity index (χ1) is 8.06. The highest BCUT2D eigenvalue weighted by atomic mass is 79.9. The average Bonchev–Trinajstić information content (AvgIpc) is 2.87. The second kappa shape index (κ2) is 5.50. The van der Waals surface area contributed by atoms with Crippen molar-refractivity contribution in [3.63, 3.8) is 0 Å². The van der Waals surface area contributed by atoms with Gasteiger partial charge in [0.05, 0.1) is 25.2 Å². The van der Waals surface area contributed by atoms with E-state index >= 15 is 0 Å². The number of thiophene rings is 1. The SMILES string of the molecule is CC1CC(C(=O)N(C)Cc2cc(Br)cs2)CO1. The fourth-order valence-corrected chi connectivity index (χ4v) is 3.55. The molecule has 1 amide bonds. The lowest BCUT2D eigenvalue weighted by molar-refractivity contribution is -0.134. The molecule has 1 aliphatic rings. The van der Waals surface area contributed by atoms with Gasteiger partial charge in [-0.05, 0) is 35.3 Å². The predicted octanol–water partition coefficient (Wildman–Crippen LogP) is 2.89. The summed E-state index contributed by atoms with van der Waals surface area (Å²) in [6.45, 7) is 3.27. The summed E-state index contributed by atoms with van der Waals surface area (Å²) in [4.78, 5) is 15.1. The Kier molecular flexibility index (Phi) is 4.22. The van der Waals surface area contributed by atoms with Crippen molar-refractivity contribution in [2.75, 3.05) is 13.7 Å². The molecule has 0 N–H and O–H groups in total. The van der Waals surface area contributed by atoms with Crippen LogP contribution < -0.4 is 0 Å². The van der Waals surface area contributed by atoms with Crippen LogP contribution in [0.15, 0.2) is 15.9 Å². The van der Waals surface area contributed by atoms with Crippen LogP contribution in [0.2, 0.25) is 0 Å². The maximum Gasteiger partial charge on any atom is 0.228 e. The Morgan fingerprint density at radius 1 is 1.71 bits per heavy atom. The largest absolute Gasteiger partial charge is 0.378 e. The molecule has 17 heavy (non-hydrogen) atoms. The van der Waals surface area contributed by atoms with E-state index in [9.17, 15) is 4.79 Å². The Balaban J connectivity index is 1.91. The Morgan fingerprint density at radius 2 is 2.47 bits per heavy atom. The lowest BCUT2D eigenvalue weighted by Gasteiger charge is -2.19. The van der Waals surface area contributed by atoms with Crippen LogP contribution in [0.4, 0.5) is 0 Å². The molecule has 1 aliphatic heterocycles. The fourth-order valence-electron chi connectivity index (χ4n) is 2.05. The molecule has 2 atom stereocenters. The quantitative estimate of drug-likeness (QED) is 0.858. The highest BCUT2D eigenvalue weighted by molar-refractivity contribution is 9.10. The average molecular weight is 318 g/mol. The molecule has 1 aromatic rings. The lowest BCUT2D eigenvalue weighted by Crippen LogP contribution is -2.32. The van der Waals surface area contributed by atoms with Crippen molar-refractivity contribution in [3.05, 3.63) is 20.8 Å². The van der Waals surface area contributed by atoms with Crippen LogP contribution in [0.5, 0.6) is 0 Å². The highest BCUT2D eigenvalue weighted by Crippen LogP contribution is 2.24. The smallest absolute Gasteiger partial charge is 0.228 e. The van der Waals surface area contributed by atoms with Crippen molar-refractivity contribution in [2.45, 2.75) is 26.0 Å². The molecule has 0 aliphatic carbocycles. The zero-order chi connectivity index (χ0) is 12.4. The van der Waals surface area contributed by atoms with Crippen LogP contribution in [0.3, 0.4) is 0 Å². The van der Waals surface area contributed by atoms with E-state index in [4.69, 9.17) is 4.74 Å². The van der Waals surface area contributed by atoms with Gasteiger partial charge >= 0.3 is 0 Å². The first-order valence-corrected chi connectivity index (χ1v) is 7.33. The van der Waals surface area contributed by atoms with E-state index in [1.54, 1.807) is 16.2 Å². The van der Waals surface area contributed by atoms with Crippen LogP contribution in [0.25, 0.3) is 0 Å². The number of halogens is 1. The Bertz CT molecular complexity index is 407. The predicted molar refractivity (Wildman–Crippen MR) is 72.0 cm³/mol. The summed E-state index contributed by atoms with van der Waals surface area (Å²) in [6, 6.07) is 2.06. The van der Waals surface area contributed by atoms with Crippen molar-refractivity contribution < 1.29 is 9.53 Å². The van der Waals surface area contributed by atoms with Crippen LogP contribution >= 0.6 is 27.3 Å². The molecule has 0 bridgehead atoms. The number of carbonyl (C=O) groups is 1. The number of hydrogen-bond acceptors (Lipinski definition) is 3.